The van der Waals surface area contributed by atoms with E-state index >= 15 is 0 Å². The lowest BCUT2D eigenvalue weighted by Crippen LogP contribution is -2.05. The van der Waals surface area contributed by atoms with Crippen LogP contribution in [-0.4, -0.2) is 38.4 Å². The van der Waals surface area contributed by atoms with Gasteiger partial charge < -0.3 is 21.0 Å². The Bertz CT molecular complexity index is 1490. The normalized spacial score (nSPS) is 11.5. The quantitative estimate of drug-likeness (QED) is 0.0927. The molecule has 11 nitrogen and oxygen atoms in total. The van der Waals surface area contributed by atoms with Gasteiger partial charge in [-0.1, -0.05) is 18.2 Å². The van der Waals surface area contributed by atoms with Crippen LogP contribution in [0.1, 0.15) is 16.8 Å². The molecular formula is C27H26N8O3. The van der Waals surface area contributed by atoms with Crippen LogP contribution < -0.4 is 15.9 Å². The number of ether oxygens (including phenoxy) is 1. The van der Waals surface area contributed by atoms with Gasteiger partial charge in [0.2, 0.25) is 0 Å². The zero-order valence-corrected chi connectivity index (χ0v) is 20.9. The number of rotatable bonds is 9. The van der Waals surface area contributed by atoms with Crippen LogP contribution >= 0.6 is 0 Å². The number of hydrogen-bond acceptors (Lipinski definition) is 9. The minimum Gasteiger partial charge on any atom is -0.480 e. The van der Waals surface area contributed by atoms with Crippen LogP contribution in [0.15, 0.2) is 88.4 Å². The average molecular weight is 511 g/mol. The largest absolute Gasteiger partial charge is 0.480 e. The highest BCUT2D eigenvalue weighted by Gasteiger charge is 2.13. The number of aryl methyl sites for hydroxylation is 2. The number of anilines is 2. The summed E-state index contributed by atoms with van der Waals surface area (Å²) >= 11 is 0. The second-order valence-electron chi connectivity index (χ2n) is 8.27. The van der Waals surface area contributed by atoms with Crippen molar-refractivity contribution in [3.8, 4) is 22.9 Å². The van der Waals surface area contributed by atoms with E-state index in [1.54, 1.807) is 24.5 Å². The van der Waals surface area contributed by atoms with E-state index in [-0.39, 0.29) is 12.3 Å². The Morgan fingerprint density at radius 3 is 2.68 bits per heavy atom. The van der Waals surface area contributed by atoms with Gasteiger partial charge in [0.05, 0.1) is 5.69 Å². The first-order chi connectivity index (χ1) is 18.4. The molecule has 0 spiro atoms. The minimum atomic E-state index is -1.09. The number of azo groups is 1. The first kappa shape index (κ1) is 25.9. The maximum Gasteiger partial charge on any atom is 0.327 e. The van der Waals surface area contributed by atoms with E-state index in [0.29, 0.717) is 23.0 Å². The number of amidine groups is 1. The maximum absolute atomic E-state index is 10.6. The fraction of sp³-hybridized carbons (Fsp3) is 0.148. The van der Waals surface area contributed by atoms with Crippen LogP contribution in [0.4, 0.5) is 11.5 Å². The molecule has 0 saturated carbocycles. The second-order valence-corrected chi connectivity index (χ2v) is 8.27. The Morgan fingerprint density at radius 2 is 1.92 bits per heavy atom. The van der Waals surface area contributed by atoms with Crippen molar-refractivity contribution in [2.45, 2.75) is 20.3 Å². The molecule has 3 aromatic heterocycles. The molecule has 1 aromatic carbocycles. The number of nitrogens with one attached hydrogen (secondary N) is 1. The smallest absolute Gasteiger partial charge is 0.327 e. The van der Waals surface area contributed by atoms with Crippen molar-refractivity contribution in [2.24, 2.45) is 21.2 Å². The predicted molar refractivity (Wildman–Crippen MR) is 144 cm³/mol. The third-order valence-electron chi connectivity index (χ3n) is 5.40. The molecule has 4 N–H and O–H groups in total. The molecule has 0 radical (unpaired) electrons. The van der Waals surface area contributed by atoms with Crippen LogP contribution in [0.2, 0.25) is 0 Å². The number of carboxylic acid groups (broad SMARTS) is 1. The number of nitrogens with two attached hydrogens (primary N) is 1. The monoisotopic (exact) mass is 510 g/mol. The molecule has 0 atom stereocenters. The Balaban J connectivity index is 1.51. The van der Waals surface area contributed by atoms with E-state index in [1.165, 1.54) is 0 Å². The molecule has 0 amide bonds. The molecule has 0 unspecified atom stereocenters. The number of aromatic nitrogens is 3. The number of carboxylic acids is 1. The summed E-state index contributed by atoms with van der Waals surface area (Å²) in [7, 11) is 0. The highest BCUT2D eigenvalue weighted by Crippen LogP contribution is 2.33. The van der Waals surface area contributed by atoms with E-state index < -0.39 is 12.5 Å². The number of nitrogens with zero attached hydrogens (tertiary/aromatic N) is 6. The molecule has 192 valence electrons. The summed E-state index contributed by atoms with van der Waals surface area (Å²) in [6.45, 7) is 3.49. The summed E-state index contributed by atoms with van der Waals surface area (Å²) in [4.78, 5) is 24.2. The Kier molecular flexibility index (Phi) is 8.29. The van der Waals surface area contributed by atoms with Crippen molar-refractivity contribution in [3.05, 3.63) is 89.9 Å². The maximum atomic E-state index is 10.6. The molecule has 4 aromatic rings. The summed E-state index contributed by atoms with van der Waals surface area (Å²) in [5, 5.41) is 22.9. The zero-order chi connectivity index (χ0) is 26.9. The van der Waals surface area contributed by atoms with Crippen molar-refractivity contribution in [3.63, 3.8) is 0 Å². The van der Waals surface area contributed by atoms with Crippen molar-refractivity contribution in [2.75, 3.05) is 11.9 Å². The first-order valence-electron chi connectivity index (χ1n) is 11.7. The molecule has 0 aliphatic heterocycles. The van der Waals surface area contributed by atoms with Crippen molar-refractivity contribution in [1.82, 2.24) is 15.0 Å². The van der Waals surface area contributed by atoms with Crippen molar-refractivity contribution < 1.29 is 14.6 Å². The van der Waals surface area contributed by atoms with E-state index in [1.807, 2.05) is 62.4 Å². The van der Waals surface area contributed by atoms with Crippen molar-refractivity contribution in [1.29, 1.82) is 0 Å². The Morgan fingerprint density at radius 1 is 1.05 bits per heavy atom. The molecule has 0 bridgehead atoms. The highest BCUT2D eigenvalue weighted by atomic mass is 16.5. The number of pyridine rings is 3. The summed E-state index contributed by atoms with van der Waals surface area (Å²) < 4.78 is 6.25. The van der Waals surface area contributed by atoms with E-state index in [9.17, 15) is 4.79 Å². The summed E-state index contributed by atoms with van der Waals surface area (Å²) in [5.41, 5.74) is 4.91. The van der Waals surface area contributed by atoms with Gasteiger partial charge in [0, 0.05) is 36.3 Å². The Labute approximate surface area is 219 Å². The number of aliphatic carboxylic acids is 1. The van der Waals surface area contributed by atoms with Crippen LogP contribution in [-0.2, 0) is 11.2 Å². The van der Waals surface area contributed by atoms with Gasteiger partial charge in [-0.05, 0) is 61.4 Å². The second kappa shape index (κ2) is 12.2. The van der Waals surface area contributed by atoms with E-state index in [0.717, 1.165) is 28.2 Å². The first-order valence-corrected chi connectivity index (χ1v) is 11.7. The molecule has 3 heterocycles. The lowest BCUT2D eigenvalue weighted by Gasteiger charge is -2.14. The summed E-state index contributed by atoms with van der Waals surface area (Å²) in [5.74, 6) is 6.26. The van der Waals surface area contributed by atoms with Crippen LogP contribution in [0.25, 0.3) is 11.4 Å². The fourth-order valence-corrected chi connectivity index (χ4v) is 3.49. The molecule has 0 saturated heterocycles. The van der Waals surface area contributed by atoms with Gasteiger partial charge in [0.15, 0.2) is 18.1 Å². The van der Waals surface area contributed by atoms with Gasteiger partial charge >= 0.3 is 5.97 Å². The van der Waals surface area contributed by atoms with Gasteiger partial charge in [0.25, 0.3) is 0 Å². The van der Waals surface area contributed by atoms with E-state index in [2.05, 4.69) is 30.6 Å². The number of hydrazone groups is 1. The van der Waals surface area contributed by atoms with Gasteiger partial charge in [0.1, 0.15) is 17.3 Å². The minimum absolute atomic E-state index is 0.211. The topological polar surface area (TPSA) is 160 Å². The predicted octanol–water partition coefficient (Wildman–Crippen LogP) is 5.04. The summed E-state index contributed by atoms with van der Waals surface area (Å²) in [6, 6.07) is 18.7. The third kappa shape index (κ3) is 6.94. The van der Waals surface area contributed by atoms with Crippen molar-refractivity contribution >= 4 is 23.3 Å². The number of hydrogen-bond donors (Lipinski definition) is 3. The molecule has 0 fully saturated rings. The highest BCUT2D eigenvalue weighted by molar-refractivity contribution is 5.85. The third-order valence-corrected chi connectivity index (χ3v) is 5.40. The van der Waals surface area contributed by atoms with Crippen LogP contribution in [0.3, 0.4) is 0 Å². The zero-order valence-electron chi connectivity index (χ0n) is 20.9. The fourth-order valence-electron chi connectivity index (χ4n) is 3.49. The lowest BCUT2D eigenvalue weighted by atomic mass is 10.1. The standard InChI is InChI=1S/C27H26N8O3/c1-17-12-23(27(32-18(17)2)22-8-3-4-10-29-22)38-21-9-11-30-24(15-21)33-20-7-5-6-19(13-20)14-25(34-28)35-31-16-26(36)37/h3-13,15H,14,16,28H2,1-2H3,(H,30,33)(H,36,37). The molecule has 4 rings (SSSR count). The number of benzene rings is 1. The lowest BCUT2D eigenvalue weighted by molar-refractivity contribution is -0.135. The van der Waals surface area contributed by atoms with Gasteiger partial charge in [-0.25, -0.2) is 9.97 Å². The van der Waals surface area contributed by atoms with Gasteiger partial charge in [-0.15, -0.1) is 5.11 Å². The van der Waals surface area contributed by atoms with Crippen LogP contribution in [0, 0.1) is 13.8 Å². The van der Waals surface area contributed by atoms with E-state index in [4.69, 9.17) is 20.7 Å². The Hall–Kier alpha value is -5.19. The molecule has 0 aliphatic rings. The SMILES string of the molecule is Cc1cc(Oc2ccnc(Nc3cccc(CC(N=NCC(=O)O)=NN)c3)c2)c(-c2ccccn2)nc1C. The van der Waals surface area contributed by atoms with Gasteiger partial charge in [-0.2, -0.15) is 10.2 Å². The molecule has 0 aliphatic carbocycles. The summed E-state index contributed by atoms with van der Waals surface area (Å²) in [6.07, 6.45) is 3.65. The average Bonchev–Trinajstić information content (AvgIpc) is 2.91. The molecule has 11 heteroatoms. The molecule has 38 heavy (non-hydrogen) atoms. The van der Waals surface area contributed by atoms with Crippen LogP contribution in [0.5, 0.6) is 11.5 Å². The van der Waals surface area contributed by atoms with Gasteiger partial charge in [-0.3, -0.25) is 9.78 Å². The molecular weight excluding hydrogens is 484 g/mol. The number of carbonyl (C=O) groups is 1.